The van der Waals surface area contributed by atoms with Gasteiger partial charge < -0.3 is 4.74 Å². The molecular weight excluding hydrogens is 559 g/mol. The first-order valence-electron chi connectivity index (χ1n) is 15.4. The van der Waals surface area contributed by atoms with Gasteiger partial charge in [0.25, 0.3) is 0 Å². The fourth-order valence-electron chi connectivity index (χ4n) is 6.24. The number of fused-ring (bicyclic) bond motifs is 3. The van der Waals surface area contributed by atoms with Crippen molar-refractivity contribution in [1.82, 2.24) is 19.3 Å². The van der Waals surface area contributed by atoms with E-state index in [1.807, 2.05) is 70.8 Å². The SMILES string of the molecule is Cc1nn(-c2cccc(Oc3ccc4c5cc(C(C)C(C)C)ccc5n(-c5cc(F)ccn5)c4c3)c2)c(C)c1-c1ccccc1. The number of rotatable bonds is 7. The molecule has 7 rings (SSSR count). The van der Waals surface area contributed by atoms with Crippen molar-refractivity contribution < 1.29 is 9.13 Å². The van der Waals surface area contributed by atoms with Crippen LogP contribution in [0, 0.1) is 25.6 Å². The van der Waals surface area contributed by atoms with Gasteiger partial charge in [0.2, 0.25) is 0 Å². The molecule has 3 aromatic heterocycles. The van der Waals surface area contributed by atoms with Crippen molar-refractivity contribution in [3.63, 3.8) is 0 Å². The van der Waals surface area contributed by atoms with Crippen LogP contribution in [0.3, 0.4) is 0 Å². The summed E-state index contributed by atoms with van der Waals surface area (Å²) in [5.41, 5.74) is 8.39. The van der Waals surface area contributed by atoms with Crippen LogP contribution in [-0.4, -0.2) is 19.3 Å². The van der Waals surface area contributed by atoms with E-state index in [1.54, 1.807) is 0 Å². The maximum absolute atomic E-state index is 14.4. The van der Waals surface area contributed by atoms with E-state index in [2.05, 4.69) is 69.1 Å². The van der Waals surface area contributed by atoms with Gasteiger partial charge in [0, 0.05) is 46.4 Å². The molecule has 6 heteroatoms. The maximum Gasteiger partial charge on any atom is 0.140 e. The van der Waals surface area contributed by atoms with E-state index >= 15 is 0 Å². The maximum atomic E-state index is 14.4. The monoisotopic (exact) mass is 594 g/mol. The molecule has 5 nitrogen and oxygen atoms in total. The molecular formula is C39H35FN4O. The van der Waals surface area contributed by atoms with Crippen molar-refractivity contribution in [2.24, 2.45) is 5.92 Å². The van der Waals surface area contributed by atoms with E-state index < -0.39 is 0 Å². The summed E-state index contributed by atoms with van der Waals surface area (Å²) in [6.45, 7) is 10.9. The van der Waals surface area contributed by atoms with Crippen molar-refractivity contribution in [1.29, 1.82) is 0 Å². The molecule has 224 valence electrons. The second-order valence-electron chi connectivity index (χ2n) is 12.1. The summed E-state index contributed by atoms with van der Waals surface area (Å²) in [5, 5.41) is 7.04. The zero-order valence-electron chi connectivity index (χ0n) is 26.1. The summed E-state index contributed by atoms with van der Waals surface area (Å²) in [6, 6.07) is 33.8. The van der Waals surface area contributed by atoms with Crippen LogP contribution in [0.5, 0.6) is 11.5 Å². The number of halogens is 1. The lowest BCUT2D eigenvalue weighted by molar-refractivity contribution is 0.482. The van der Waals surface area contributed by atoms with Gasteiger partial charge in [-0.15, -0.1) is 0 Å². The Bertz CT molecular complexity index is 2180. The molecule has 1 atom stereocenters. The molecule has 0 saturated carbocycles. The van der Waals surface area contributed by atoms with Gasteiger partial charge in [-0.2, -0.15) is 5.10 Å². The van der Waals surface area contributed by atoms with Gasteiger partial charge >= 0.3 is 0 Å². The average molecular weight is 595 g/mol. The van der Waals surface area contributed by atoms with E-state index in [4.69, 9.17) is 9.84 Å². The highest BCUT2D eigenvalue weighted by atomic mass is 19.1. The molecule has 0 N–H and O–H groups in total. The van der Waals surface area contributed by atoms with Gasteiger partial charge in [-0.1, -0.05) is 63.2 Å². The Balaban J connectivity index is 1.30. The predicted molar refractivity (Wildman–Crippen MR) is 180 cm³/mol. The van der Waals surface area contributed by atoms with Crippen molar-refractivity contribution in [2.45, 2.75) is 40.5 Å². The Kier molecular flexibility index (Phi) is 7.20. The lowest BCUT2D eigenvalue weighted by Gasteiger charge is -2.16. The van der Waals surface area contributed by atoms with Gasteiger partial charge in [0.1, 0.15) is 23.1 Å². The molecule has 0 aliphatic carbocycles. The highest BCUT2D eigenvalue weighted by Crippen LogP contribution is 2.38. The Morgan fingerprint density at radius 2 is 1.53 bits per heavy atom. The number of pyridine rings is 1. The Hall–Kier alpha value is -5.23. The number of hydrogen-bond donors (Lipinski definition) is 0. The van der Waals surface area contributed by atoms with Crippen molar-refractivity contribution in [3.05, 3.63) is 132 Å². The van der Waals surface area contributed by atoms with Gasteiger partial charge in [-0.3, -0.25) is 4.57 Å². The number of aryl methyl sites for hydroxylation is 1. The Morgan fingerprint density at radius 1 is 0.733 bits per heavy atom. The molecule has 0 amide bonds. The van der Waals surface area contributed by atoms with E-state index in [-0.39, 0.29) is 5.82 Å². The van der Waals surface area contributed by atoms with Crippen LogP contribution in [-0.2, 0) is 0 Å². The minimum absolute atomic E-state index is 0.330. The predicted octanol–water partition coefficient (Wildman–Crippen LogP) is 10.3. The third-order valence-electron chi connectivity index (χ3n) is 8.88. The Morgan fingerprint density at radius 3 is 2.31 bits per heavy atom. The standard InChI is InChI=1S/C39H35FN4O/c1-24(2)25(3)29-14-17-36-35(20-29)34-16-15-33(23-37(34)43(36)38-21-30(40)18-19-41-38)45-32-13-9-12-31(22-32)44-27(5)39(26(4)42-44)28-10-7-6-8-11-28/h6-25H,1-5H3. The molecule has 4 aromatic carbocycles. The van der Waals surface area contributed by atoms with Crippen LogP contribution < -0.4 is 4.74 Å². The van der Waals surface area contributed by atoms with Crippen LogP contribution >= 0.6 is 0 Å². The highest BCUT2D eigenvalue weighted by Gasteiger charge is 2.19. The van der Waals surface area contributed by atoms with Crippen LogP contribution in [0.15, 0.2) is 109 Å². The zero-order valence-corrected chi connectivity index (χ0v) is 26.1. The summed E-state index contributed by atoms with van der Waals surface area (Å²) in [4.78, 5) is 4.54. The molecule has 0 aliphatic rings. The average Bonchev–Trinajstić information content (AvgIpc) is 3.53. The number of ether oxygens (including phenoxy) is 1. The molecule has 0 fully saturated rings. The minimum Gasteiger partial charge on any atom is -0.457 e. The van der Waals surface area contributed by atoms with Crippen LogP contribution in [0.25, 0.3) is 44.4 Å². The van der Waals surface area contributed by atoms with Crippen LogP contribution in [0.1, 0.15) is 43.6 Å². The molecule has 1 unspecified atom stereocenters. The summed E-state index contributed by atoms with van der Waals surface area (Å²) in [6.07, 6.45) is 1.51. The lowest BCUT2D eigenvalue weighted by atomic mass is 9.89. The van der Waals surface area contributed by atoms with Crippen molar-refractivity contribution in [2.75, 3.05) is 0 Å². The first-order chi connectivity index (χ1) is 21.8. The summed E-state index contributed by atoms with van der Waals surface area (Å²) in [5.74, 6) is 2.48. The Labute approximate surface area is 262 Å². The van der Waals surface area contributed by atoms with Crippen LogP contribution in [0.2, 0.25) is 0 Å². The van der Waals surface area contributed by atoms with Crippen molar-refractivity contribution in [3.8, 4) is 34.1 Å². The third-order valence-corrected chi connectivity index (χ3v) is 8.88. The second-order valence-corrected chi connectivity index (χ2v) is 12.1. The van der Waals surface area contributed by atoms with Gasteiger partial charge in [0.15, 0.2) is 0 Å². The van der Waals surface area contributed by atoms with E-state index in [0.717, 1.165) is 50.0 Å². The van der Waals surface area contributed by atoms with Gasteiger partial charge in [0.05, 0.1) is 22.4 Å². The minimum atomic E-state index is -0.330. The fourth-order valence-corrected chi connectivity index (χ4v) is 6.24. The van der Waals surface area contributed by atoms with Crippen molar-refractivity contribution >= 4 is 21.8 Å². The highest BCUT2D eigenvalue weighted by molar-refractivity contribution is 6.09. The summed E-state index contributed by atoms with van der Waals surface area (Å²) in [7, 11) is 0. The summed E-state index contributed by atoms with van der Waals surface area (Å²) < 4.78 is 24.9. The second kappa shape index (κ2) is 11.4. The molecule has 45 heavy (non-hydrogen) atoms. The molecule has 0 aliphatic heterocycles. The van der Waals surface area contributed by atoms with E-state index in [0.29, 0.717) is 29.2 Å². The topological polar surface area (TPSA) is 44.9 Å². The van der Waals surface area contributed by atoms with Gasteiger partial charge in [-0.05, 0) is 79.3 Å². The first-order valence-corrected chi connectivity index (χ1v) is 15.4. The number of hydrogen-bond acceptors (Lipinski definition) is 3. The van der Waals surface area contributed by atoms with Gasteiger partial charge in [-0.25, -0.2) is 14.1 Å². The van der Waals surface area contributed by atoms with Crippen LogP contribution in [0.4, 0.5) is 4.39 Å². The molecule has 7 aromatic rings. The quantitative estimate of drug-likeness (QED) is 0.184. The van der Waals surface area contributed by atoms with E-state index in [1.165, 1.54) is 23.9 Å². The largest absolute Gasteiger partial charge is 0.457 e. The normalized spacial score (nSPS) is 12.3. The molecule has 0 spiro atoms. The lowest BCUT2D eigenvalue weighted by Crippen LogP contribution is -2.02. The molecule has 0 bridgehead atoms. The zero-order chi connectivity index (χ0) is 31.2. The number of aromatic nitrogens is 4. The molecule has 0 saturated heterocycles. The number of benzene rings is 4. The van der Waals surface area contributed by atoms with E-state index in [9.17, 15) is 4.39 Å². The smallest absolute Gasteiger partial charge is 0.140 e. The third kappa shape index (κ3) is 5.16. The fraction of sp³-hybridized carbons (Fsp3) is 0.179. The first kappa shape index (κ1) is 28.5. The summed E-state index contributed by atoms with van der Waals surface area (Å²) >= 11 is 0. The number of nitrogens with zero attached hydrogens (tertiary/aromatic N) is 4. The molecule has 3 heterocycles. The molecule has 0 radical (unpaired) electrons.